The number of amides is 1. The summed E-state index contributed by atoms with van der Waals surface area (Å²) in [6.07, 6.45) is -0.753. The number of hydrogen-bond acceptors (Lipinski definition) is 5. The first-order valence-corrected chi connectivity index (χ1v) is 9.42. The molecule has 0 unspecified atom stereocenters. The SMILES string of the molecule is C[C@H](NC(=O)OC(C)(C)C)c1nc2cccc(C#N)c2c(=O)n1-c1cc(F)cc(F)c1. The molecule has 0 saturated heterocycles. The molecule has 7 nitrogen and oxygen atoms in total. The molecule has 0 aliphatic heterocycles. The van der Waals surface area contributed by atoms with Gasteiger partial charge in [0.1, 0.15) is 29.1 Å². The first kappa shape index (κ1) is 21.9. The Balaban J connectivity index is 2.26. The molecule has 1 heterocycles. The molecule has 0 bridgehead atoms. The van der Waals surface area contributed by atoms with Gasteiger partial charge in [0, 0.05) is 6.07 Å². The fraction of sp³-hybridized carbons (Fsp3) is 0.273. The number of alkyl carbamates (subject to hydrolysis) is 1. The Labute approximate surface area is 176 Å². The van der Waals surface area contributed by atoms with E-state index in [1.165, 1.54) is 12.1 Å². The van der Waals surface area contributed by atoms with Crippen LogP contribution in [0.15, 0.2) is 41.2 Å². The number of aromatic nitrogens is 2. The number of fused-ring (bicyclic) bond motifs is 1. The summed E-state index contributed by atoms with van der Waals surface area (Å²) in [5, 5.41) is 12.0. The molecule has 3 rings (SSSR count). The quantitative estimate of drug-likeness (QED) is 0.680. The summed E-state index contributed by atoms with van der Waals surface area (Å²) in [5.74, 6) is -1.77. The van der Waals surface area contributed by atoms with Crippen molar-refractivity contribution >= 4 is 17.0 Å². The molecule has 0 fully saturated rings. The highest BCUT2D eigenvalue weighted by atomic mass is 19.1. The molecule has 9 heteroatoms. The van der Waals surface area contributed by atoms with Crippen LogP contribution in [-0.4, -0.2) is 21.2 Å². The van der Waals surface area contributed by atoms with Crippen LogP contribution < -0.4 is 10.9 Å². The third-order valence-electron chi connectivity index (χ3n) is 4.27. The van der Waals surface area contributed by atoms with Crippen molar-refractivity contribution in [3.63, 3.8) is 0 Å². The molecular formula is C22H20F2N4O3. The second-order valence-electron chi connectivity index (χ2n) is 7.92. The van der Waals surface area contributed by atoms with Crippen molar-refractivity contribution in [3.8, 4) is 11.8 Å². The minimum Gasteiger partial charge on any atom is -0.444 e. The van der Waals surface area contributed by atoms with E-state index in [0.717, 1.165) is 16.7 Å². The van der Waals surface area contributed by atoms with Crippen LogP contribution in [0.1, 0.15) is 45.1 Å². The number of nitriles is 1. The van der Waals surface area contributed by atoms with E-state index in [2.05, 4.69) is 10.3 Å². The van der Waals surface area contributed by atoms with Crippen LogP contribution in [0.25, 0.3) is 16.6 Å². The van der Waals surface area contributed by atoms with Crippen molar-refractivity contribution in [2.45, 2.75) is 39.3 Å². The summed E-state index contributed by atoms with van der Waals surface area (Å²) >= 11 is 0. The van der Waals surface area contributed by atoms with Gasteiger partial charge in [-0.1, -0.05) is 6.07 Å². The van der Waals surface area contributed by atoms with Gasteiger partial charge >= 0.3 is 6.09 Å². The summed E-state index contributed by atoms with van der Waals surface area (Å²) in [5.41, 5.74) is -1.30. The van der Waals surface area contributed by atoms with Crippen LogP contribution >= 0.6 is 0 Å². The number of ether oxygens (including phenoxy) is 1. The number of benzene rings is 2. The first-order chi connectivity index (χ1) is 14.5. The molecule has 1 N–H and O–H groups in total. The zero-order valence-corrected chi connectivity index (χ0v) is 17.4. The lowest BCUT2D eigenvalue weighted by Gasteiger charge is -2.23. The fourth-order valence-electron chi connectivity index (χ4n) is 3.10. The van der Waals surface area contributed by atoms with Crippen LogP contribution in [0.5, 0.6) is 0 Å². The van der Waals surface area contributed by atoms with Gasteiger partial charge in [-0.2, -0.15) is 5.26 Å². The van der Waals surface area contributed by atoms with Crippen molar-refractivity contribution in [2.24, 2.45) is 0 Å². The Kier molecular flexibility index (Phi) is 5.75. The Hall–Kier alpha value is -3.80. The predicted octanol–water partition coefficient (Wildman–Crippen LogP) is 4.12. The predicted molar refractivity (Wildman–Crippen MR) is 110 cm³/mol. The lowest BCUT2D eigenvalue weighted by molar-refractivity contribution is 0.0505. The van der Waals surface area contributed by atoms with Crippen LogP contribution in [0.2, 0.25) is 0 Å². The highest BCUT2D eigenvalue weighted by molar-refractivity contribution is 5.84. The van der Waals surface area contributed by atoms with E-state index in [-0.39, 0.29) is 28.0 Å². The third-order valence-corrected chi connectivity index (χ3v) is 4.27. The maximum Gasteiger partial charge on any atom is 0.408 e. The highest BCUT2D eigenvalue weighted by Gasteiger charge is 2.24. The Bertz CT molecular complexity index is 1250. The first-order valence-electron chi connectivity index (χ1n) is 9.42. The van der Waals surface area contributed by atoms with Crippen molar-refractivity contribution in [3.05, 3.63) is 69.8 Å². The summed E-state index contributed by atoms with van der Waals surface area (Å²) in [7, 11) is 0. The van der Waals surface area contributed by atoms with Gasteiger partial charge in [-0.15, -0.1) is 0 Å². The van der Waals surface area contributed by atoms with Gasteiger partial charge in [-0.25, -0.2) is 18.6 Å². The van der Waals surface area contributed by atoms with Crippen molar-refractivity contribution in [1.82, 2.24) is 14.9 Å². The largest absolute Gasteiger partial charge is 0.444 e. The second-order valence-corrected chi connectivity index (χ2v) is 7.92. The molecule has 1 amide bonds. The topological polar surface area (TPSA) is 97.0 Å². The molecule has 0 spiro atoms. The zero-order valence-electron chi connectivity index (χ0n) is 17.4. The maximum absolute atomic E-state index is 13.9. The Morgan fingerprint density at radius 3 is 2.45 bits per heavy atom. The fourth-order valence-corrected chi connectivity index (χ4v) is 3.10. The number of hydrogen-bond donors (Lipinski definition) is 1. The minimum atomic E-state index is -0.894. The number of nitrogens with one attached hydrogen (secondary N) is 1. The van der Waals surface area contributed by atoms with Crippen molar-refractivity contribution < 1.29 is 18.3 Å². The summed E-state index contributed by atoms with van der Waals surface area (Å²) < 4.78 is 34.1. The molecule has 0 saturated carbocycles. The van der Waals surface area contributed by atoms with Gasteiger partial charge in [0.2, 0.25) is 0 Å². The van der Waals surface area contributed by atoms with E-state index in [9.17, 15) is 23.6 Å². The number of carbonyl (C=O) groups excluding carboxylic acids is 1. The van der Waals surface area contributed by atoms with E-state index in [1.54, 1.807) is 33.8 Å². The van der Waals surface area contributed by atoms with E-state index in [1.807, 2.05) is 6.07 Å². The molecule has 31 heavy (non-hydrogen) atoms. The molecule has 1 aromatic heterocycles. The molecular weight excluding hydrogens is 406 g/mol. The van der Waals surface area contributed by atoms with E-state index >= 15 is 0 Å². The van der Waals surface area contributed by atoms with Gasteiger partial charge in [0.25, 0.3) is 5.56 Å². The van der Waals surface area contributed by atoms with Crippen molar-refractivity contribution in [2.75, 3.05) is 0 Å². The van der Waals surface area contributed by atoms with Gasteiger partial charge in [0.05, 0.1) is 28.2 Å². The monoisotopic (exact) mass is 426 g/mol. The molecule has 0 aliphatic carbocycles. The molecule has 3 aromatic rings. The van der Waals surface area contributed by atoms with Crippen LogP contribution in [0.3, 0.4) is 0 Å². The summed E-state index contributed by atoms with van der Waals surface area (Å²) in [6, 6.07) is 8.22. The summed E-state index contributed by atoms with van der Waals surface area (Å²) in [4.78, 5) is 30.0. The van der Waals surface area contributed by atoms with Crippen LogP contribution in [-0.2, 0) is 4.74 Å². The Morgan fingerprint density at radius 2 is 1.87 bits per heavy atom. The smallest absolute Gasteiger partial charge is 0.408 e. The number of carbonyl (C=O) groups is 1. The highest BCUT2D eigenvalue weighted by Crippen LogP contribution is 2.21. The maximum atomic E-state index is 13.9. The lowest BCUT2D eigenvalue weighted by atomic mass is 10.1. The van der Waals surface area contributed by atoms with Crippen LogP contribution in [0.4, 0.5) is 13.6 Å². The average Bonchev–Trinajstić information content (AvgIpc) is 2.64. The lowest BCUT2D eigenvalue weighted by Crippen LogP contribution is -2.37. The second kappa shape index (κ2) is 8.14. The van der Waals surface area contributed by atoms with Crippen LogP contribution in [0, 0.1) is 23.0 Å². The van der Waals surface area contributed by atoms with E-state index in [0.29, 0.717) is 6.07 Å². The van der Waals surface area contributed by atoms with Gasteiger partial charge in [-0.3, -0.25) is 9.36 Å². The van der Waals surface area contributed by atoms with Crippen molar-refractivity contribution in [1.29, 1.82) is 5.26 Å². The molecule has 2 aromatic carbocycles. The third kappa shape index (κ3) is 4.69. The minimum absolute atomic E-state index is 0.00267. The molecule has 0 radical (unpaired) electrons. The summed E-state index contributed by atoms with van der Waals surface area (Å²) in [6.45, 7) is 6.64. The standard InChI is InChI=1S/C22H20F2N4O3/c1-12(26-21(30)31-22(2,3)4)19-27-17-7-5-6-13(11-25)18(17)20(29)28(19)16-9-14(23)8-15(24)10-16/h5-10,12H,1-4H3,(H,26,30)/t12-/m0/s1. The average molecular weight is 426 g/mol. The number of halogens is 2. The zero-order chi connectivity index (χ0) is 22.9. The Morgan fingerprint density at radius 1 is 1.23 bits per heavy atom. The van der Waals surface area contributed by atoms with Gasteiger partial charge in [0.15, 0.2) is 0 Å². The molecule has 160 valence electrons. The molecule has 1 atom stereocenters. The van der Waals surface area contributed by atoms with E-state index in [4.69, 9.17) is 4.74 Å². The molecule has 0 aliphatic rings. The van der Waals surface area contributed by atoms with Gasteiger partial charge in [-0.05, 0) is 52.0 Å². The number of nitrogens with zero attached hydrogens (tertiary/aromatic N) is 3. The normalized spacial score (nSPS) is 12.3. The van der Waals surface area contributed by atoms with Gasteiger partial charge < -0.3 is 10.1 Å². The number of rotatable bonds is 3. The van der Waals surface area contributed by atoms with E-state index < -0.39 is 34.9 Å².